The van der Waals surface area contributed by atoms with Crippen LogP contribution >= 0.6 is 0 Å². The summed E-state index contributed by atoms with van der Waals surface area (Å²) in [5, 5.41) is 0. The lowest BCUT2D eigenvalue weighted by Crippen LogP contribution is -2.27. The monoisotopic (exact) mass is 234 g/mol. The summed E-state index contributed by atoms with van der Waals surface area (Å²) in [5.74, 6) is -0.226. The number of hydrogen-bond donors (Lipinski definition) is 0. The maximum absolute atomic E-state index is 12.0. The van der Waals surface area contributed by atoms with Crippen LogP contribution in [0.2, 0.25) is 0 Å². The van der Waals surface area contributed by atoms with Crippen LogP contribution in [0, 0.1) is 0 Å². The number of benzene rings is 1. The molecule has 1 aromatic rings. The molecule has 2 atom stereocenters. The SMILES string of the molecule is CCC[C@@]1(C(=O)OCC)O[C@H]1c1ccccc1. The molecule has 1 fully saturated rings. The van der Waals surface area contributed by atoms with E-state index >= 15 is 0 Å². The molecular formula is C14H18O3. The molecule has 0 amide bonds. The van der Waals surface area contributed by atoms with Gasteiger partial charge < -0.3 is 9.47 Å². The van der Waals surface area contributed by atoms with Gasteiger partial charge in [0.2, 0.25) is 0 Å². The van der Waals surface area contributed by atoms with E-state index in [2.05, 4.69) is 0 Å². The van der Waals surface area contributed by atoms with Gasteiger partial charge in [-0.15, -0.1) is 0 Å². The van der Waals surface area contributed by atoms with Gasteiger partial charge >= 0.3 is 5.97 Å². The van der Waals surface area contributed by atoms with Crippen molar-refractivity contribution >= 4 is 5.97 Å². The maximum Gasteiger partial charge on any atom is 0.341 e. The lowest BCUT2D eigenvalue weighted by atomic mass is 9.95. The Bertz CT molecular complexity index is 388. The molecule has 0 radical (unpaired) electrons. The summed E-state index contributed by atoms with van der Waals surface area (Å²) >= 11 is 0. The van der Waals surface area contributed by atoms with E-state index in [9.17, 15) is 4.79 Å². The standard InChI is InChI=1S/C14H18O3/c1-3-10-14(13(15)16-4-2)12(17-14)11-8-6-5-7-9-11/h5-9,12H,3-4,10H2,1-2H3/t12-,14+/m0/s1. The Morgan fingerprint density at radius 3 is 2.65 bits per heavy atom. The number of epoxide rings is 1. The number of rotatable bonds is 5. The molecule has 0 aromatic heterocycles. The Hall–Kier alpha value is -1.35. The molecule has 92 valence electrons. The van der Waals surface area contributed by atoms with Gasteiger partial charge in [0, 0.05) is 0 Å². The topological polar surface area (TPSA) is 38.8 Å². The van der Waals surface area contributed by atoms with Crippen molar-refractivity contribution in [3.8, 4) is 0 Å². The fourth-order valence-corrected chi connectivity index (χ4v) is 2.21. The third kappa shape index (κ3) is 2.20. The van der Waals surface area contributed by atoms with Crippen LogP contribution in [0.25, 0.3) is 0 Å². The van der Waals surface area contributed by atoms with Gasteiger partial charge in [-0.3, -0.25) is 0 Å². The third-order valence-electron chi connectivity index (χ3n) is 3.04. The van der Waals surface area contributed by atoms with Gasteiger partial charge in [-0.2, -0.15) is 0 Å². The Kier molecular flexibility index (Phi) is 3.48. The first-order valence-electron chi connectivity index (χ1n) is 6.14. The second-order valence-corrected chi connectivity index (χ2v) is 4.27. The molecule has 2 rings (SSSR count). The van der Waals surface area contributed by atoms with E-state index in [4.69, 9.17) is 9.47 Å². The van der Waals surface area contributed by atoms with Crippen LogP contribution in [0.15, 0.2) is 30.3 Å². The fourth-order valence-electron chi connectivity index (χ4n) is 2.21. The van der Waals surface area contributed by atoms with Crippen LogP contribution in [0.1, 0.15) is 38.4 Å². The molecule has 0 N–H and O–H groups in total. The van der Waals surface area contributed by atoms with E-state index in [-0.39, 0.29) is 12.1 Å². The zero-order valence-corrected chi connectivity index (χ0v) is 10.3. The molecule has 0 spiro atoms. The van der Waals surface area contributed by atoms with Crippen molar-refractivity contribution < 1.29 is 14.3 Å². The number of hydrogen-bond acceptors (Lipinski definition) is 3. The van der Waals surface area contributed by atoms with Crippen molar-refractivity contribution in [3.63, 3.8) is 0 Å². The highest BCUT2D eigenvalue weighted by molar-refractivity contribution is 5.83. The summed E-state index contributed by atoms with van der Waals surface area (Å²) in [4.78, 5) is 12.0. The van der Waals surface area contributed by atoms with Crippen molar-refractivity contribution in [2.45, 2.75) is 38.4 Å². The Morgan fingerprint density at radius 2 is 2.06 bits per heavy atom. The van der Waals surface area contributed by atoms with Crippen molar-refractivity contribution in [3.05, 3.63) is 35.9 Å². The fraction of sp³-hybridized carbons (Fsp3) is 0.500. The quantitative estimate of drug-likeness (QED) is 0.581. The molecule has 1 aliphatic heterocycles. The first kappa shape index (κ1) is 12.1. The summed E-state index contributed by atoms with van der Waals surface area (Å²) in [5.41, 5.74) is 0.320. The molecule has 3 nitrogen and oxygen atoms in total. The first-order valence-corrected chi connectivity index (χ1v) is 6.14. The Labute approximate surface area is 102 Å². The minimum Gasteiger partial charge on any atom is -0.464 e. The number of carbonyl (C=O) groups excluding carboxylic acids is 1. The van der Waals surface area contributed by atoms with Crippen molar-refractivity contribution in [1.82, 2.24) is 0 Å². The molecule has 0 bridgehead atoms. The summed E-state index contributed by atoms with van der Waals surface area (Å²) < 4.78 is 10.8. The van der Waals surface area contributed by atoms with Gasteiger partial charge in [0.15, 0.2) is 5.60 Å². The van der Waals surface area contributed by atoms with Crippen molar-refractivity contribution in [2.24, 2.45) is 0 Å². The normalized spacial score (nSPS) is 26.6. The zero-order valence-electron chi connectivity index (χ0n) is 10.3. The Morgan fingerprint density at radius 1 is 1.35 bits per heavy atom. The number of esters is 1. The predicted octanol–water partition coefficient (Wildman–Crippen LogP) is 2.86. The summed E-state index contributed by atoms with van der Waals surface area (Å²) in [6.45, 7) is 4.26. The van der Waals surface area contributed by atoms with Crippen LogP contribution in [0.5, 0.6) is 0 Å². The molecule has 1 aliphatic rings. The number of carbonyl (C=O) groups is 1. The van der Waals surface area contributed by atoms with E-state index in [1.54, 1.807) is 0 Å². The van der Waals surface area contributed by atoms with Gasteiger partial charge in [-0.05, 0) is 18.9 Å². The molecule has 3 heteroatoms. The lowest BCUT2D eigenvalue weighted by Gasteiger charge is -2.10. The molecule has 1 aromatic carbocycles. The van der Waals surface area contributed by atoms with Gasteiger partial charge in [-0.1, -0.05) is 43.7 Å². The molecule has 17 heavy (non-hydrogen) atoms. The second-order valence-electron chi connectivity index (χ2n) is 4.27. The average molecular weight is 234 g/mol. The summed E-state index contributed by atoms with van der Waals surface area (Å²) in [6.07, 6.45) is 1.48. The second kappa shape index (κ2) is 4.88. The van der Waals surface area contributed by atoms with Crippen molar-refractivity contribution in [2.75, 3.05) is 6.61 Å². The highest BCUT2D eigenvalue weighted by atomic mass is 16.7. The van der Waals surface area contributed by atoms with Gasteiger partial charge in [-0.25, -0.2) is 4.79 Å². The average Bonchev–Trinajstić information content (AvgIpc) is 3.07. The highest BCUT2D eigenvalue weighted by Crippen LogP contribution is 2.53. The van der Waals surface area contributed by atoms with Gasteiger partial charge in [0.1, 0.15) is 6.10 Å². The minimum atomic E-state index is -0.730. The van der Waals surface area contributed by atoms with Crippen LogP contribution < -0.4 is 0 Å². The van der Waals surface area contributed by atoms with Crippen LogP contribution in [0.3, 0.4) is 0 Å². The van der Waals surface area contributed by atoms with E-state index in [0.717, 1.165) is 12.0 Å². The predicted molar refractivity (Wildman–Crippen MR) is 64.5 cm³/mol. The molecule has 0 aliphatic carbocycles. The van der Waals surface area contributed by atoms with Crippen molar-refractivity contribution in [1.29, 1.82) is 0 Å². The van der Waals surface area contributed by atoms with E-state index in [1.807, 2.05) is 44.2 Å². The molecule has 1 saturated heterocycles. The summed E-state index contributed by atoms with van der Waals surface area (Å²) in [6, 6.07) is 9.85. The zero-order chi connectivity index (χ0) is 12.3. The van der Waals surface area contributed by atoms with E-state index in [1.165, 1.54) is 0 Å². The summed E-state index contributed by atoms with van der Waals surface area (Å²) in [7, 11) is 0. The molecular weight excluding hydrogens is 216 g/mol. The van der Waals surface area contributed by atoms with Crippen LogP contribution in [-0.4, -0.2) is 18.2 Å². The molecule has 0 unspecified atom stereocenters. The van der Waals surface area contributed by atoms with E-state index in [0.29, 0.717) is 13.0 Å². The van der Waals surface area contributed by atoms with Crippen LogP contribution in [0.4, 0.5) is 0 Å². The number of ether oxygens (including phenoxy) is 2. The molecule has 1 heterocycles. The minimum absolute atomic E-state index is 0.136. The maximum atomic E-state index is 12.0. The van der Waals surface area contributed by atoms with Crippen LogP contribution in [-0.2, 0) is 14.3 Å². The van der Waals surface area contributed by atoms with Gasteiger partial charge in [0.25, 0.3) is 0 Å². The van der Waals surface area contributed by atoms with E-state index < -0.39 is 5.60 Å². The lowest BCUT2D eigenvalue weighted by molar-refractivity contribution is -0.149. The van der Waals surface area contributed by atoms with Gasteiger partial charge in [0.05, 0.1) is 6.61 Å². The highest BCUT2D eigenvalue weighted by Gasteiger charge is 2.63. The largest absolute Gasteiger partial charge is 0.464 e. The smallest absolute Gasteiger partial charge is 0.341 e. The first-order chi connectivity index (χ1) is 8.24. The Balaban J connectivity index is 2.15. The third-order valence-corrected chi connectivity index (χ3v) is 3.04. The molecule has 0 saturated carbocycles.